The lowest BCUT2D eigenvalue weighted by Crippen LogP contribution is -2.37. The molecule has 0 heterocycles. The van der Waals surface area contributed by atoms with E-state index in [-0.39, 0.29) is 11.7 Å². The molecular weight excluding hydrogens is 254 g/mol. The van der Waals surface area contributed by atoms with E-state index in [1.54, 1.807) is 48.5 Å². The van der Waals surface area contributed by atoms with Crippen molar-refractivity contribution in [2.24, 2.45) is 0 Å². The van der Waals surface area contributed by atoms with Gasteiger partial charge < -0.3 is 15.2 Å². The van der Waals surface area contributed by atoms with Crippen molar-refractivity contribution in [3.05, 3.63) is 65.7 Å². The Balaban J connectivity index is 2.00. The van der Waals surface area contributed by atoms with Crippen molar-refractivity contribution in [2.45, 2.75) is 12.5 Å². The lowest BCUT2D eigenvalue weighted by molar-refractivity contribution is -0.109. The van der Waals surface area contributed by atoms with Crippen LogP contribution in [0.3, 0.4) is 0 Å². The molecule has 0 spiro atoms. The summed E-state index contributed by atoms with van der Waals surface area (Å²) in [4.78, 5) is 23.0. The van der Waals surface area contributed by atoms with Crippen LogP contribution in [0.5, 0.6) is 5.75 Å². The van der Waals surface area contributed by atoms with Crippen LogP contribution < -0.4 is 5.32 Å². The van der Waals surface area contributed by atoms with Crippen LogP contribution in [-0.2, 0) is 11.2 Å². The van der Waals surface area contributed by atoms with Crippen LogP contribution in [0.1, 0.15) is 15.9 Å². The minimum absolute atomic E-state index is 0.171. The van der Waals surface area contributed by atoms with E-state index in [0.717, 1.165) is 5.56 Å². The maximum Gasteiger partial charge on any atom is 0.251 e. The molecule has 2 rings (SSSR count). The summed E-state index contributed by atoms with van der Waals surface area (Å²) >= 11 is 0. The molecule has 0 aliphatic carbocycles. The number of aromatic hydroxyl groups is 1. The number of carbonyl (C=O) groups is 2. The second-order valence-corrected chi connectivity index (χ2v) is 4.45. The van der Waals surface area contributed by atoms with Gasteiger partial charge in [-0.3, -0.25) is 4.79 Å². The highest BCUT2D eigenvalue weighted by Gasteiger charge is 2.13. The van der Waals surface area contributed by atoms with Crippen LogP contribution in [0.25, 0.3) is 0 Å². The Hall–Kier alpha value is -2.62. The van der Waals surface area contributed by atoms with Gasteiger partial charge in [-0.15, -0.1) is 0 Å². The number of hydrogen-bond acceptors (Lipinski definition) is 3. The first kappa shape index (κ1) is 13.8. The van der Waals surface area contributed by atoms with E-state index in [0.29, 0.717) is 18.3 Å². The van der Waals surface area contributed by atoms with Gasteiger partial charge in [-0.1, -0.05) is 30.3 Å². The molecule has 0 radical (unpaired) electrons. The molecule has 4 nitrogen and oxygen atoms in total. The molecule has 102 valence electrons. The van der Waals surface area contributed by atoms with Crippen LogP contribution in [0.4, 0.5) is 0 Å². The zero-order chi connectivity index (χ0) is 14.4. The summed E-state index contributed by atoms with van der Waals surface area (Å²) < 4.78 is 0. The maximum absolute atomic E-state index is 11.9. The van der Waals surface area contributed by atoms with Crippen molar-refractivity contribution in [2.75, 3.05) is 0 Å². The van der Waals surface area contributed by atoms with Crippen LogP contribution in [0.2, 0.25) is 0 Å². The number of carbonyl (C=O) groups excluding carboxylic acids is 2. The van der Waals surface area contributed by atoms with E-state index >= 15 is 0 Å². The van der Waals surface area contributed by atoms with Crippen molar-refractivity contribution in [1.29, 1.82) is 0 Å². The molecule has 0 aromatic heterocycles. The molecular formula is C16H15NO3. The molecule has 4 heteroatoms. The molecule has 0 saturated heterocycles. The second kappa shape index (κ2) is 6.52. The number of phenolic OH excluding ortho intramolecular Hbond substituents is 1. The molecule has 0 bridgehead atoms. The highest BCUT2D eigenvalue weighted by molar-refractivity contribution is 5.95. The lowest BCUT2D eigenvalue weighted by Gasteiger charge is -2.13. The summed E-state index contributed by atoms with van der Waals surface area (Å²) in [5.74, 6) is -0.105. The third-order valence-electron chi connectivity index (χ3n) is 2.91. The van der Waals surface area contributed by atoms with Gasteiger partial charge in [-0.05, 0) is 36.2 Å². The van der Waals surface area contributed by atoms with E-state index < -0.39 is 6.04 Å². The van der Waals surface area contributed by atoms with Crippen LogP contribution in [0.15, 0.2) is 54.6 Å². The largest absolute Gasteiger partial charge is 0.508 e. The topological polar surface area (TPSA) is 66.4 Å². The average molecular weight is 269 g/mol. The Kier molecular flexibility index (Phi) is 4.50. The number of rotatable bonds is 5. The van der Waals surface area contributed by atoms with Gasteiger partial charge in [0, 0.05) is 5.56 Å². The van der Waals surface area contributed by atoms with Crippen LogP contribution >= 0.6 is 0 Å². The molecule has 0 fully saturated rings. The Bertz CT molecular complexity index is 578. The van der Waals surface area contributed by atoms with Crippen molar-refractivity contribution < 1.29 is 14.7 Å². The zero-order valence-electron chi connectivity index (χ0n) is 10.8. The van der Waals surface area contributed by atoms with Crippen LogP contribution in [-0.4, -0.2) is 23.3 Å². The minimum atomic E-state index is -0.591. The van der Waals surface area contributed by atoms with E-state index in [2.05, 4.69) is 5.32 Å². The molecule has 1 atom stereocenters. The standard InChI is InChI=1S/C16H15NO3/c18-11-14(10-12-6-8-15(19)9-7-12)17-16(20)13-4-2-1-3-5-13/h1-9,11,14,19H,10H2,(H,17,20)/t14-/m1/s1. The summed E-state index contributed by atoms with van der Waals surface area (Å²) in [6.45, 7) is 0. The predicted octanol–water partition coefficient (Wildman–Crippen LogP) is 1.93. The normalized spacial score (nSPS) is 11.6. The quantitative estimate of drug-likeness (QED) is 0.815. The van der Waals surface area contributed by atoms with Gasteiger partial charge in [0.25, 0.3) is 5.91 Å². The first-order valence-electron chi connectivity index (χ1n) is 6.28. The van der Waals surface area contributed by atoms with E-state index in [9.17, 15) is 14.7 Å². The summed E-state index contributed by atoms with van der Waals surface area (Å²) in [7, 11) is 0. The van der Waals surface area contributed by atoms with E-state index in [1.807, 2.05) is 6.07 Å². The number of phenols is 1. The molecule has 0 aliphatic rings. The van der Waals surface area contributed by atoms with Gasteiger partial charge in [-0.2, -0.15) is 0 Å². The molecule has 0 unspecified atom stereocenters. The van der Waals surface area contributed by atoms with Gasteiger partial charge >= 0.3 is 0 Å². The van der Waals surface area contributed by atoms with Crippen molar-refractivity contribution >= 4 is 12.2 Å². The summed E-state index contributed by atoms with van der Waals surface area (Å²) in [6, 6.07) is 14.7. The fourth-order valence-electron chi connectivity index (χ4n) is 1.86. The first-order chi connectivity index (χ1) is 9.69. The molecule has 0 saturated carbocycles. The lowest BCUT2D eigenvalue weighted by atomic mass is 10.1. The maximum atomic E-state index is 11.9. The Morgan fingerprint density at radius 1 is 1.10 bits per heavy atom. The van der Waals surface area contributed by atoms with Gasteiger partial charge in [0.05, 0.1) is 6.04 Å². The molecule has 2 N–H and O–H groups in total. The second-order valence-electron chi connectivity index (χ2n) is 4.45. The van der Waals surface area contributed by atoms with Gasteiger partial charge in [0.1, 0.15) is 12.0 Å². The van der Waals surface area contributed by atoms with Crippen LogP contribution in [0, 0.1) is 0 Å². The summed E-state index contributed by atoms with van der Waals surface area (Å²) in [6.07, 6.45) is 1.11. The number of aldehydes is 1. The number of benzene rings is 2. The van der Waals surface area contributed by atoms with E-state index in [4.69, 9.17) is 0 Å². The summed E-state index contributed by atoms with van der Waals surface area (Å²) in [5.41, 5.74) is 1.39. The fraction of sp³-hybridized carbons (Fsp3) is 0.125. The first-order valence-corrected chi connectivity index (χ1v) is 6.28. The third kappa shape index (κ3) is 3.68. The van der Waals surface area contributed by atoms with Gasteiger partial charge in [0.15, 0.2) is 0 Å². The number of nitrogens with one attached hydrogen (secondary N) is 1. The molecule has 2 aromatic carbocycles. The predicted molar refractivity (Wildman–Crippen MR) is 75.6 cm³/mol. The Morgan fingerprint density at radius 2 is 1.75 bits per heavy atom. The van der Waals surface area contributed by atoms with Gasteiger partial charge in [0.2, 0.25) is 0 Å². The SMILES string of the molecule is O=C[C@@H](Cc1ccc(O)cc1)NC(=O)c1ccccc1. The number of hydrogen-bond donors (Lipinski definition) is 2. The Labute approximate surface area is 117 Å². The fourth-order valence-corrected chi connectivity index (χ4v) is 1.86. The third-order valence-corrected chi connectivity index (χ3v) is 2.91. The molecule has 0 aliphatic heterocycles. The monoisotopic (exact) mass is 269 g/mol. The molecule has 1 amide bonds. The van der Waals surface area contributed by atoms with Crippen molar-refractivity contribution in [3.8, 4) is 5.75 Å². The van der Waals surface area contributed by atoms with E-state index in [1.165, 1.54) is 0 Å². The zero-order valence-corrected chi connectivity index (χ0v) is 10.8. The highest BCUT2D eigenvalue weighted by atomic mass is 16.3. The molecule has 2 aromatic rings. The molecule has 20 heavy (non-hydrogen) atoms. The van der Waals surface area contributed by atoms with Gasteiger partial charge in [-0.25, -0.2) is 0 Å². The van der Waals surface area contributed by atoms with Crippen molar-refractivity contribution in [1.82, 2.24) is 5.32 Å². The Morgan fingerprint density at radius 3 is 2.35 bits per heavy atom. The summed E-state index contributed by atoms with van der Waals surface area (Å²) in [5, 5.41) is 11.9. The highest BCUT2D eigenvalue weighted by Crippen LogP contribution is 2.11. The number of amides is 1. The average Bonchev–Trinajstić information content (AvgIpc) is 2.49. The smallest absolute Gasteiger partial charge is 0.251 e. The van der Waals surface area contributed by atoms with Crippen molar-refractivity contribution in [3.63, 3.8) is 0 Å². The minimum Gasteiger partial charge on any atom is -0.508 e.